The van der Waals surface area contributed by atoms with Gasteiger partial charge in [-0.2, -0.15) is 0 Å². The molecule has 2 heteroatoms. The van der Waals surface area contributed by atoms with Crippen LogP contribution in [-0.2, 0) is 9.53 Å². The Labute approximate surface area is 142 Å². The highest BCUT2D eigenvalue weighted by atomic mass is 16.5. The molecule has 24 heavy (non-hydrogen) atoms. The minimum Gasteiger partial charge on any atom is -0.466 e. The highest BCUT2D eigenvalue weighted by Gasteiger charge is 2.09. The number of hydrogen-bond acceptors (Lipinski definition) is 2. The van der Waals surface area contributed by atoms with E-state index in [1.165, 1.54) is 18.7 Å². The smallest absolute Gasteiger partial charge is 0.330 e. The van der Waals surface area contributed by atoms with Gasteiger partial charge in [0.15, 0.2) is 0 Å². The molecule has 2 nitrogen and oxygen atoms in total. The van der Waals surface area contributed by atoms with Crippen LogP contribution < -0.4 is 0 Å². The largest absolute Gasteiger partial charge is 0.466 e. The van der Waals surface area contributed by atoms with Crippen LogP contribution in [0.3, 0.4) is 0 Å². The number of esters is 1. The molecular weight excluding hydrogens is 296 g/mol. The SMILES string of the molecule is COC(=O)C=Cc1ccccc1-c1ccccc1-c1ccccc1. The molecule has 0 spiro atoms. The van der Waals surface area contributed by atoms with Gasteiger partial charge in [0.25, 0.3) is 0 Å². The number of hydrogen-bond donors (Lipinski definition) is 0. The van der Waals surface area contributed by atoms with Crippen molar-refractivity contribution < 1.29 is 9.53 Å². The second-order valence-electron chi connectivity index (χ2n) is 5.36. The van der Waals surface area contributed by atoms with E-state index in [1.54, 1.807) is 6.08 Å². The van der Waals surface area contributed by atoms with Crippen LogP contribution in [0, 0.1) is 0 Å². The van der Waals surface area contributed by atoms with Crippen molar-refractivity contribution in [2.24, 2.45) is 0 Å². The predicted octanol–water partition coefficient (Wildman–Crippen LogP) is 5.21. The second kappa shape index (κ2) is 7.42. The standard InChI is InChI=1S/C22H18O2/c1-24-22(23)16-15-18-11-5-6-12-20(18)21-14-8-7-13-19(21)17-9-3-2-4-10-17/h2-16H,1H3. The van der Waals surface area contributed by atoms with E-state index < -0.39 is 0 Å². The van der Waals surface area contributed by atoms with Gasteiger partial charge in [0.2, 0.25) is 0 Å². The summed E-state index contributed by atoms with van der Waals surface area (Å²) in [6, 6.07) is 26.6. The van der Waals surface area contributed by atoms with Crippen molar-refractivity contribution in [3.05, 3.63) is 90.5 Å². The third-order valence-corrected chi connectivity index (χ3v) is 3.86. The highest BCUT2D eigenvalue weighted by Crippen LogP contribution is 2.34. The molecule has 0 aromatic heterocycles. The highest BCUT2D eigenvalue weighted by molar-refractivity contribution is 5.91. The Morgan fingerprint density at radius 3 is 2.04 bits per heavy atom. The first kappa shape index (κ1) is 15.8. The lowest BCUT2D eigenvalue weighted by molar-refractivity contribution is -0.134. The summed E-state index contributed by atoms with van der Waals surface area (Å²) in [5.41, 5.74) is 5.52. The maximum Gasteiger partial charge on any atom is 0.330 e. The fourth-order valence-electron chi connectivity index (χ4n) is 2.70. The molecule has 0 radical (unpaired) electrons. The van der Waals surface area contributed by atoms with E-state index in [-0.39, 0.29) is 5.97 Å². The van der Waals surface area contributed by atoms with Gasteiger partial charge in [0, 0.05) is 6.08 Å². The van der Waals surface area contributed by atoms with Crippen molar-refractivity contribution in [3.8, 4) is 22.3 Å². The summed E-state index contributed by atoms with van der Waals surface area (Å²) in [7, 11) is 1.38. The van der Waals surface area contributed by atoms with Gasteiger partial charge in [-0.05, 0) is 33.9 Å². The Kier molecular flexibility index (Phi) is 4.87. The van der Waals surface area contributed by atoms with Crippen LogP contribution in [-0.4, -0.2) is 13.1 Å². The number of carbonyl (C=O) groups is 1. The zero-order chi connectivity index (χ0) is 16.8. The molecule has 0 bridgehead atoms. The van der Waals surface area contributed by atoms with E-state index in [0.717, 1.165) is 22.3 Å². The summed E-state index contributed by atoms with van der Waals surface area (Å²) in [6.07, 6.45) is 3.24. The fraction of sp³-hybridized carbons (Fsp3) is 0.0455. The molecule has 0 saturated heterocycles. The fourth-order valence-corrected chi connectivity index (χ4v) is 2.70. The van der Waals surface area contributed by atoms with Crippen molar-refractivity contribution >= 4 is 12.0 Å². The zero-order valence-corrected chi connectivity index (χ0v) is 13.5. The Hall–Kier alpha value is -3.13. The monoisotopic (exact) mass is 314 g/mol. The molecule has 0 heterocycles. The Morgan fingerprint density at radius 1 is 0.750 bits per heavy atom. The number of ether oxygens (including phenoxy) is 1. The lowest BCUT2D eigenvalue weighted by Crippen LogP contribution is -1.94. The summed E-state index contributed by atoms with van der Waals surface area (Å²) in [5, 5.41) is 0. The minimum absolute atomic E-state index is 0.360. The van der Waals surface area contributed by atoms with Crippen molar-refractivity contribution in [1.29, 1.82) is 0 Å². The van der Waals surface area contributed by atoms with E-state index in [4.69, 9.17) is 0 Å². The molecule has 3 aromatic carbocycles. The average molecular weight is 314 g/mol. The van der Waals surface area contributed by atoms with Crippen LogP contribution in [0.2, 0.25) is 0 Å². The van der Waals surface area contributed by atoms with Gasteiger partial charge in [-0.3, -0.25) is 0 Å². The van der Waals surface area contributed by atoms with Crippen molar-refractivity contribution in [2.75, 3.05) is 7.11 Å². The van der Waals surface area contributed by atoms with Crippen LogP contribution >= 0.6 is 0 Å². The van der Waals surface area contributed by atoms with Gasteiger partial charge < -0.3 is 4.74 Å². The van der Waals surface area contributed by atoms with E-state index in [9.17, 15) is 4.79 Å². The first-order chi connectivity index (χ1) is 11.8. The number of rotatable bonds is 4. The normalized spacial score (nSPS) is 10.7. The van der Waals surface area contributed by atoms with Gasteiger partial charge in [-0.25, -0.2) is 4.79 Å². The molecule has 0 N–H and O–H groups in total. The van der Waals surface area contributed by atoms with E-state index in [0.29, 0.717) is 0 Å². The van der Waals surface area contributed by atoms with Crippen LogP contribution in [0.25, 0.3) is 28.3 Å². The minimum atomic E-state index is -0.360. The van der Waals surface area contributed by atoms with Gasteiger partial charge in [0.05, 0.1) is 7.11 Å². The lowest BCUT2D eigenvalue weighted by atomic mass is 9.92. The van der Waals surface area contributed by atoms with Gasteiger partial charge in [0.1, 0.15) is 0 Å². The van der Waals surface area contributed by atoms with E-state index in [1.807, 2.05) is 48.5 Å². The predicted molar refractivity (Wildman–Crippen MR) is 98.4 cm³/mol. The lowest BCUT2D eigenvalue weighted by Gasteiger charge is -2.12. The molecule has 118 valence electrons. The molecule has 0 unspecified atom stereocenters. The molecule has 0 fully saturated rings. The topological polar surface area (TPSA) is 26.3 Å². The molecule has 0 aliphatic carbocycles. The first-order valence-electron chi connectivity index (χ1n) is 7.79. The summed E-state index contributed by atoms with van der Waals surface area (Å²) >= 11 is 0. The van der Waals surface area contributed by atoms with Gasteiger partial charge in [-0.1, -0.05) is 78.9 Å². The van der Waals surface area contributed by atoms with E-state index >= 15 is 0 Å². The third kappa shape index (κ3) is 3.44. The molecule has 3 aromatic rings. The first-order valence-corrected chi connectivity index (χ1v) is 7.79. The molecule has 0 saturated carbocycles. The summed E-state index contributed by atoms with van der Waals surface area (Å²) in [4.78, 5) is 11.4. The van der Waals surface area contributed by atoms with E-state index in [2.05, 4.69) is 35.1 Å². The molecule has 0 aliphatic rings. The van der Waals surface area contributed by atoms with Gasteiger partial charge >= 0.3 is 5.97 Å². The van der Waals surface area contributed by atoms with Crippen LogP contribution in [0.15, 0.2) is 84.9 Å². The number of carbonyl (C=O) groups excluding carboxylic acids is 1. The molecule has 0 aliphatic heterocycles. The molecular formula is C22H18O2. The van der Waals surface area contributed by atoms with Crippen molar-refractivity contribution in [1.82, 2.24) is 0 Å². The van der Waals surface area contributed by atoms with Crippen LogP contribution in [0.1, 0.15) is 5.56 Å². The van der Waals surface area contributed by atoms with Crippen molar-refractivity contribution in [3.63, 3.8) is 0 Å². The maximum atomic E-state index is 11.4. The van der Waals surface area contributed by atoms with Gasteiger partial charge in [-0.15, -0.1) is 0 Å². The number of methoxy groups -OCH3 is 1. The molecule has 0 amide bonds. The second-order valence-corrected chi connectivity index (χ2v) is 5.36. The molecule has 0 atom stereocenters. The Morgan fingerprint density at radius 2 is 1.33 bits per heavy atom. The summed E-state index contributed by atoms with van der Waals surface area (Å²) in [5.74, 6) is -0.360. The van der Waals surface area contributed by atoms with Crippen molar-refractivity contribution in [2.45, 2.75) is 0 Å². The average Bonchev–Trinajstić information content (AvgIpc) is 2.67. The van der Waals surface area contributed by atoms with Crippen LogP contribution in [0.5, 0.6) is 0 Å². The Balaban J connectivity index is 2.11. The quantitative estimate of drug-likeness (QED) is 0.488. The third-order valence-electron chi connectivity index (χ3n) is 3.86. The van der Waals surface area contributed by atoms with Crippen LogP contribution in [0.4, 0.5) is 0 Å². The molecule has 3 rings (SSSR count). The summed E-state index contributed by atoms with van der Waals surface area (Å²) < 4.78 is 4.68. The summed E-state index contributed by atoms with van der Waals surface area (Å²) in [6.45, 7) is 0. The Bertz CT molecular complexity index is 864. The zero-order valence-electron chi connectivity index (χ0n) is 13.5. The number of benzene rings is 3. The maximum absolute atomic E-state index is 11.4.